The lowest BCUT2D eigenvalue weighted by Gasteiger charge is -2.34. The van der Waals surface area contributed by atoms with Gasteiger partial charge in [0.15, 0.2) is 0 Å². The van der Waals surface area contributed by atoms with Gasteiger partial charge in [0.05, 0.1) is 6.10 Å². The average Bonchev–Trinajstić information content (AvgIpc) is 1.56. The predicted octanol–water partition coefficient (Wildman–Crippen LogP) is 1.20. The highest BCUT2D eigenvalue weighted by atomic mass is 16.5. The average molecular weight is 1550 g/mol. The molecule has 2 aliphatic heterocycles. The molecule has 2 fully saturated rings. The van der Waals surface area contributed by atoms with Crippen molar-refractivity contribution >= 4 is 88.7 Å². The molecule has 0 aromatic heterocycles. The number of rotatable bonds is 34. The summed E-state index contributed by atoms with van der Waals surface area (Å²) in [6.07, 6.45) is -0.238. The van der Waals surface area contributed by atoms with Gasteiger partial charge in [0, 0.05) is 18.9 Å². The topological polar surface area (TPSA) is 471 Å². The summed E-state index contributed by atoms with van der Waals surface area (Å²) in [6.45, 7) is 34.4. The van der Waals surface area contributed by atoms with E-state index in [2.05, 4.69) is 69.1 Å². The number of likely N-dealkylation sites (tertiary alicyclic amines) is 1. The monoisotopic (exact) mass is 1550 g/mol. The number of amides is 14. The van der Waals surface area contributed by atoms with E-state index >= 15 is 9.59 Å². The lowest BCUT2D eigenvalue weighted by molar-refractivity contribution is -0.157. The van der Waals surface area contributed by atoms with Crippen LogP contribution in [0.1, 0.15) is 196 Å². The molecule has 16 N–H and O–H groups in total. The number of esters is 1. The first kappa shape index (κ1) is 95.1. The van der Waals surface area contributed by atoms with Crippen molar-refractivity contribution < 1.29 is 81.8 Å². The van der Waals surface area contributed by atoms with Crippen LogP contribution in [-0.4, -0.2) is 203 Å². The molecular formula is C78H129N15O17. The second-order valence-corrected chi connectivity index (χ2v) is 31.4. The fraction of sp³-hybridized carbons (Fsp3) is 0.705. The van der Waals surface area contributed by atoms with E-state index in [0.717, 1.165) is 0 Å². The third-order valence-electron chi connectivity index (χ3n) is 20.4. The molecule has 0 radical (unpaired) electrons. The first-order valence-corrected chi connectivity index (χ1v) is 39.1. The Morgan fingerprint density at radius 2 is 1.05 bits per heavy atom. The Bertz CT molecular complexity index is 3360. The molecule has 2 aliphatic rings. The molecule has 0 spiro atoms. The Kier molecular flexibility index (Phi) is 39.2. The van der Waals surface area contributed by atoms with Gasteiger partial charge >= 0.3 is 5.97 Å². The molecule has 110 heavy (non-hydrogen) atoms. The summed E-state index contributed by atoms with van der Waals surface area (Å²) in [4.78, 5) is 217. The van der Waals surface area contributed by atoms with E-state index in [1.165, 1.54) is 31.7 Å². The maximum atomic E-state index is 15.1. The van der Waals surface area contributed by atoms with E-state index in [-0.39, 0.29) is 62.7 Å². The number of carbonyl (C=O) groups excluding carboxylic acids is 15. The van der Waals surface area contributed by atoms with Gasteiger partial charge in [-0.1, -0.05) is 180 Å². The minimum Gasteiger partial charge on any atom is -0.458 e. The summed E-state index contributed by atoms with van der Waals surface area (Å²) < 4.78 is 5.96. The van der Waals surface area contributed by atoms with Crippen molar-refractivity contribution in [3.05, 3.63) is 47.7 Å². The maximum absolute atomic E-state index is 15.1. The number of hydrogen-bond donors (Lipinski definition) is 15. The van der Waals surface area contributed by atoms with E-state index in [0.29, 0.717) is 24.8 Å². The molecule has 0 unspecified atom stereocenters. The number of allylic oxidation sites excluding steroid dienone is 1. The van der Waals surface area contributed by atoms with Crippen LogP contribution in [0, 0.1) is 53.3 Å². The summed E-state index contributed by atoms with van der Waals surface area (Å²) in [5.41, 5.74) is 6.34. The van der Waals surface area contributed by atoms with Crippen LogP contribution in [-0.2, 0) is 83.1 Å². The van der Waals surface area contributed by atoms with Gasteiger partial charge in [-0.15, -0.1) is 0 Å². The molecule has 14 amide bonds. The van der Waals surface area contributed by atoms with Crippen LogP contribution in [0.25, 0.3) is 0 Å². The fourth-order valence-electron chi connectivity index (χ4n) is 12.5. The number of hydrogen-bond acceptors (Lipinski definition) is 18. The molecule has 32 nitrogen and oxygen atoms in total. The summed E-state index contributed by atoms with van der Waals surface area (Å²) in [5, 5.41) is 46.0. The zero-order valence-corrected chi connectivity index (χ0v) is 68.4. The zero-order valence-electron chi connectivity index (χ0n) is 68.4. The molecule has 1 aromatic carbocycles. The fourth-order valence-corrected chi connectivity index (χ4v) is 12.5. The summed E-state index contributed by atoms with van der Waals surface area (Å²) in [7, 11) is 0. The van der Waals surface area contributed by atoms with Crippen molar-refractivity contribution in [3.63, 3.8) is 0 Å². The third kappa shape index (κ3) is 27.7. The van der Waals surface area contributed by atoms with Gasteiger partial charge in [0.25, 0.3) is 5.91 Å². The van der Waals surface area contributed by atoms with Crippen LogP contribution in [0.4, 0.5) is 0 Å². The van der Waals surface area contributed by atoms with Crippen LogP contribution in [0.5, 0.6) is 0 Å². The standard InChI is InChI=1S/C78H129N15O17/c1-22-44(17)59(88-64(95)43(15)16)72(103)84-56(40(9)10)71(102)91-62(47(20)94)75(106)85-55(39(7)8)70(101)86-57(41(11)12)77(108)93-36-30-34-53(93)68(99)81-51(33-29-35-79)66(97)89-60(45(18)23-2)74(105)92-63-48(21)110-78(109)58(42(13)14)87-65(96)50(25-4)80-67(98)52(37-49-31-27-26-28-32-49)82-69(100)54(38(5)6)83-73(104)61(46(19)24-3)90-76(63)107/h25-28,31-32,38-48,51-63,94H,22-24,29-30,33-37,79H2,1-21H3,(H,80,98)(H,81,99)(H,82,100)(H,83,104)(H,84,103)(H,85,106)(H,86,101)(H,87,96)(H,88,95)(H,89,97)(H,90,107)(H,91,102)(H,92,105)/b50-25-/t44-,45-,46-,47-,48+,51+,52+,53-,54-,55+,56-,57-,58+,59-,60-,61-,62+,63-/m1/s1. The number of carbonyl (C=O) groups is 15. The summed E-state index contributed by atoms with van der Waals surface area (Å²) >= 11 is 0. The molecule has 1 aromatic rings. The first-order valence-electron chi connectivity index (χ1n) is 39.1. The van der Waals surface area contributed by atoms with Crippen LogP contribution >= 0.6 is 0 Å². The highest BCUT2D eigenvalue weighted by Crippen LogP contribution is 2.24. The van der Waals surface area contributed by atoms with Crippen molar-refractivity contribution in [2.24, 2.45) is 59.0 Å². The molecule has 0 aliphatic carbocycles. The van der Waals surface area contributed by atoms with E-state index in [1.807, 2.05) is 6.92 Å². The first-order chi connectivity index (χ1) is 51.5. The normalized spacial score (nSPS) is 22.6. The molecule has 18 atom stereocenters. The van der Waals surface area contributed by atoms with E-state index in [1.54, 1.807) is 148 Å². The minimum absolute atomic E-state index is 0.0406. The smallest absolute Gasteiger partial charge is 0.329 e. The van der Waals surface area contributed by atoms with Crippen molar-refractivity contribution in [2.75, 3.05) is 13.1 Å². The number of cyclic esters (lactones) is 1. The SMILES string of the molecule is C/C=C1\NC(=O)[C@H](Cc2ccccc2)NC(=O)[C@@H](C(C)C)NC(=O)[C@@H]([C@H](C)CC)NC(=O)[C@H](NC(=O)[C@H](NC(=O)[C@H](CCCN)NC(=O)[C@H]2CCCN2C(=O)[C@H](NC(=O)[C@@H](NC(=O)[C@@H](NC(=O)[C@H](NC(=O)[C@H](NC(=O)C(C)C)[C@H](C)CC)C(C)C)[C@@H](C)O)C(C)C)C(C)C)[C@H](C)CC)[C@H](C)OC(=O)[C@H](C(C)C)NC1=O. The van der Waals surface area contributed by atoms with Gasteiger partial charge in [-0.25, -0.2) is 4.79 Å². The molecule has 618 valence electrons. The second kappa shape index (κ2) is 45.3. The number of nitrogens with one attached hydrogen (secondary N) is 13. The van der Waals surface area contributed by atoms with Crippen LogP contribution in [0.15, 0.2) is 42.1 Å². The lowest BCUT2D eigenvalue weighted by Crippen LogP contribution is -2.64. The third-order valence-corrected chi connectivity index (χ3v) is 20.4. The number of nitrogens with two attached hydrogens (primary N) is 1. The van der Waals surface area contributed by atoms with Crippen molar-refractivity contribution in [1.82, 2.24) is 74.0 Å². The Morgan fingerprint density at radius 1 is 0.564 bits per heavy atom. The molecule has 3 rings (SSSR count). The van der Waals surface area contributed by atoms with Crippen LogP contribution < -0.4 is 74.9 Å². The Labute approximate surface area is 649 Å². The van der Waals surface area contributed by atoms with E-state index < -0.39 is 221 Å². The van der Waals surface area contributed by atoms with Crippen molar-refractivity contribution in [3.8, 4) is 0 Å². The van der Waals surface area contributed by atoms with Crippen molar-refractivity contribution in [1.29, 1.82) is 0 Å². The predicted molar refractivity (Wildman–Crippen MR) is 413 cm³/mol. The van der Waals surface area contributed by atoms with E-state index in [4.69, 9.17) is 10.5 Å². The second-order valence-electron chi connectivity index (χ2n) is 31.4. The molecular weight excluding hydrogens is 1420 g/mol. The number of ether oxygens (including phenoxy) is 1. The Hall–Kier alpha value is -9.07. The minimum atomic E-state index is -1.84. The molecule has 0 bridgehead atoms. The number of aliphatic hydroxyl groups is 1. The molecule has 2 heterocycles. The lowest BCUT2D eigenvalue weighted by atomic mass is 9.95. The molecule has 0 saturated carbocycles. The summed E-state index contributed by atoms with van der Waals surface area (Å²) in [5.74, 6) is -17.4. The van der Waals surface area contributed by atoms with Gasteiger partial charge in [-0.3, -0.25) is 67.1 Å². The Balaban J connectivity index is 2.00. The highest BCUT2D eigenvalue weighted by Gasteiger charge is 2.45. The van der Waals surface area contributed by atoms with Gasteiger partial charge in [0.1, 0.15) is 90.3 Å². The number of aliphatic hydroxyl groups excluding tert-OH is 1. The van der Waals surface area contributed by atoms with Crippen LogP contribution in [0.3, 0.4) is 0 Å². The van der Waals surface area contributed by atoms with Gasteiger partial charge in [-0.2, -0.15) is 0 Å². The summed E-state index contributed by atoms with van der Waals surface area (Å²) in [6, 6.07) is -9.13. The number of benzene rings is 1. The van der Waals surface area contributed by atoms with Crippen molar-refractivity contribution in [2.45, 2.75) is 288 Å². The van der Waals surface area contributed by atoms with Gasteiger partial charge in [-0.05, 0) is 106 Å². The van der Waals surface area contributed by atoms with Crippen LogP contribution in [0.2, 0.25) is 0 Å². The molecule has 2 saturated heterocycles. The largest absolute Gasteiger partial charge is 0.458 e. The highest BCUT2D eigenvalue weighted by molar-refractivity contribution is 6.03. The number of nitrogens with zero attached hydrogens (tertiary/aromatic N) is 1. The van der Waals surface area contributed by atoms with Gasteiger partial charge < -0.3 is 89.6 Å². The maximum Gasteiger partial charge on any atom is 0.329 e. The quantitative estimate of drug-likeness (QED) is 0.0340. The molecule has 32 heteroatoms. The van der Waals surface area contributed by atoms with Gasteiger partial charge in [0.2, 0.25) is 76.8 Å². The Morgan fingerprint density at radius 3 is 1.54 bits per heavy atom. The zero-order chi connectivity index (χ0) is 83.5. The van der Waals surface area contributed by atoms with E-state index in [9.17, 15) is 67.4 Å².